The van der Waals surface area contributed by atoms with E-state index in [4.69, 9.17) is 0 Å². The molecule has 0 unspecified atom stereocenters. The molecule has 0 aliphatic heterocycles. The van der Waals surface area contributed by atoms with E-state index in [2.05, 4.69) is 65.8 Å². The van der Waals surface area contributed by atoms with E-state index in [9.17, 15) is 0 Å². The number of halogens is 2. The minimum absolute atomic E-state index is 0. The van der Waals surface area contributed by atoms with Gasteiger partial charge in [-0.25, -0.2) is 22.3 Å². The van der Waals surface area contributed by atoms with Gasteiger partial charge in [-0.3, -0.25) is 12.2 Å². The van der Waals surface area contributed by atoms with Crippen LogP contribution in [0.25, 0.3) is 0 Å². The molecule has 0 N–H and O–H groups in total. The van der Waals surface area contributed by atoms with Gasteiger partial charge in [0.1, 0.15) is 0 Å². The summed E-state index contributed by atoms with van der Waals surface area (Å²) in [6.45, 7) is 12.9. The Balaban J connectivity index is -0.000000105. The molecule has 0 fully saturated rings. The molecule has 0 saturated heterocycles. The van der Waals surface area contributed by atoms with Gasteiger partial charge in [0.25, 0.3) is 0 Å². The summed E-state index contributed by atoms with van der Waals surface area (Å²) in [5.41, 5.74) is 5.42. The largest absolute Gasteiger partial charge is 4.00 e. The molecule has 4 heteroatoms. The number of hydrogen-bond donors (Lipinski definition) is 0. The molecule has 123 valence electrons. The van der Waals surface area contributed by atoms with Gasteiger partial charge in [0.2, 0.25) is 0 Å². The quantitative estimate of drug-likeness (QED) is 0.337. The van der Waals surface area contributed by atoms with Crippen LogP contribution in [0.4, 0.5) is 0 Å². The van der Waals surface area contributed by atoms with E-state index in [0.717, 1.165) is 22.4 Å². The fraction of sp³-hybridized carbons (Fsp3) is 0.556. The van der Waals surface area contributed by atoms with Gasteiger partial charge in [-0.1, -0.05) is 39.8 Å². The van der Waals surface area contributed by atoms with Crippen molar-refractivity contribution in [1.82, 2.24) is 0 Å². The molecule has 0 saturated carbocycles. The average molecular weight is 525 g/mol. The van der Waals surface area contributed by atoms with Crippen LogP contribution in [0.15, 0.2) is 34.4 Å². The molecule has 2 aliphatic rings. The first-order valence-electron chi connectivity index (χ1n) is 7.33. The summed E-state index contributed by atoms with van der Waals surface area (Å²) >= 11 is 0. The van der Waals surface area contributed by atoms with Gasteiger partial charge in [0, 0.05) is 9.52 Å². The van der Waals surface area contributed by atoms with Crippen LogP contribution in [0.5, 0.6) is 0 Å². The molecule has 2 rings (SSSR count). The summed E-state index contributed by atoms with van der Waals surface area (Å²) in [4.78, 5) is 0. The molecule has 2 aliphatic carbocycles. The number of rotatable bonds is 2. The number of allylic oxidation sites excluding steroid dienone is 8. The van der Waals surface area contributed by atoms with Crippen molar-refractivity contribution in [2.24, 2.45) is 0 Å². The number of hydrogen-bond acceptors (Lipinski definition) is 0. The van der Waals surface area contributed by atoms with Crippen molar-refractivity contribution < 1.29 is 60.2 Å². The van der Waals surface area contributed by atoms with Crippen LogP contribution >= 0.6 is 0 Å². The second-order valence-corrected chi connectivity index (χ2v) is 7.10. The molecular formula is C18H29Br2SiZr. The third-order valence-corrected chi connectivity index (χ3v) is 4.47. The second-order valence-electron chi connectivity index (χ2n) is 4.89. The summed E-state index contributed by atoms with van der Waals surface area (Å²) in [5.74, 6) is 0. The van der Waals surface area contributed by atoms with E-state index in [1.807, 2.05) is 0 Å². The van der Waals surface area contributed by atoms with Crippen LogP contribution in [0.2, 0.25) is 12.1 Å². The van der Waals surface area contributed by atoms with Crippen molar-refractivity contribution >= 4 is 9.52 Å². The normalized spacial score (nSPS) is 14.1. The van der Waals surface area contributed by atoms with E-state index in [0.29, 0.717) is 0 Å². The van der Waals surface area contributed by atoms with Gasteiger partial charge >= 0.3 is 26.2 Å². The van der Waals surface area contributed by atoms with Crippen molar-refractivity contribution in [3.05, 3.63) is 46.6 Å². The molecule has 0 bridgehead atoms. The van der Waals surface area contributed by atoms with E-state index in [1.165, 1.54) is 34.4 Å². The van der Waals surface area contributed by atoms with Crippen LogP contribution in [-0.4, -0.2) is 9.52 Å². The summed E-state index contributed by atoms with van der Waals surface area (Å²) in [6, 6.07) is 2.85. The topological polar surface area (TPSA) is 0 Å². The first-order valence-corrected chi connectivity index (χ1v) is 8.96. The monoisotopic (exact) mass is 521 g/mol. The minimum atomic E-state index is 0. The average Bonchev–Trinajstić information content (AvgIpc) is 2.93. The van der Waals surface area contributed by atoms with Crippen LogP contribution in [0.1, 0.15) is 54.4 Å². The Morgan fingerprint density at radius 2 is 1.14 bits per heavy atom. The van der Waals surface area contributed by atoms with Gasteiger partial charge in [0.05, 0.1) is 0 Å². The van der Waals surface area contributed by atoms with Crippen molar-refractivity contribution in [2.75, 3.05) is 0 Å². The van der Waals surface area contributed by atoms with E-state index < -0.39 is 0 Å². The Bertz CT molecular complexity index is 315. The molecule has 0 aromatic heterocycles. The van der Waals surface area contributed by atoms with E-state index in [1.54, 1.807) is 0 Å². The third kappa shape index (κ3) is 15.9. The molecule has 1 radical (unpaired) electrons. The third-order valence-electron chi connectivity index (χ3n) is 3.31. The summed E-state index contributed by atoms with van der Waals surface area (Å²) in [7, 11) is 0.815. The van der Waals surface area contributed by atoms with Gasteiger partial charge in [-0.15, -0.1) is 26.7 Å². The Kier molecular flexibility index (Phi) is 28.1. The zero-order valence-electron chi connectivity index (χ0n) is 14.8. The maximum Gasteiger partial charge on any atom is 4.00 e. The maximum atomic E-state index is 3.19. The van der Waals surface area contributed by atoms with Crippen LogP contribution in [0, 0.1) is 12.2 Å². The molecule has 22 heavy (non-hydrogen) atoms. The Hall–Kier alpha value is 1.02. The van der Waals surface area contributed by atoms with Crippen LogP contribution in [0.3, 0.4) is 0 Å². The molecule has 0 aromatic carbocycles. The van der Waals surface area contributed by atoms with Gasteiger partial charge < -0.3 is 34.0 Å². The molecule has 0 aromatic rings. The smallest absolute Gasteiger partial charge is 1.00 e. The van der Waals surface area contributed by atoms with Gasteiger partial charge in [-0.05, 0) is 0 Å². The second kappa shape index (κ2) is 20.1. The molecule has 0 atom stereocenters. The summed E-state index contributed by atoms with van der Waals surface area (Å²) in [6.07, 6.45) is 12.8. The fourth-order valence-corrected chi connectivity index (χ4v) is 2.17. The molecule has 0 spiro atoms. The fourth-order valence-electron chi connectivity index (χ4n) is 1.59. The SMILES string of the molecule is CC1=[C-]CC=C1C.CC1=[C-]CC=C1C.CC[SiH]CC.[Br-].[Br-].[Zr+4]. The van der Waals surface area contributed by atoms with Crippen LogP contribution < -0.4 is 34.0 Å². The first-order chi connectivity index (χ1) is 9.02. The van der Waals surface area contributed by atoms with Crippen molar-refractivity contribution in [2.45, 2.75) is 66.5 Å². The predicted molar refractivity (Wildman–Crippen MR) is 89.7 cm³/mol. The minimum Gasteiger partial charge on any atom is -1.00 e. The maximum absolute atomic E-state index is 3.19. The van der Waals surface area contributed by atoms with E-state index >= 15 is 0 Å². The van der Waals surface area contributed by atoms with Crippen molar-refractivity contribution in [1.29, 1.82) is 0 Å². The van der Waals surface area contributed by atoms with Crippen LogP contribution in [-0.2, 0) is 26.2 Å². The Labute approximate surface area is 181 Å². The Morgan fingerprint density at radius 3 is 1.18 bits per heavy atom. The zero-order chi connectivity index (χ0) is 14.7. The predicted octanol–water partition coefficient (Wildman–Crippen LogP) is -0.523. The zero-order valence-corrected chi connectivity index (χ0v) is 21.6. The van der Waals surface area contributed by atoms with E-state index in [-0.39, 0.29) is 60.2 Å². The van der Waals surface area contributed by atoms with Crippen molar-refractivity contribution in [3.8, 4) is 0 Å². The Morgan fingerprint density at radius 1 is 0.818 bits per heavy atom. The summed E-state index contributed by atoms with van der Waals surface area (Å²) < 4.78 is 0. The summed E-state index contributed by atoms with van der Waals surface area (Å²) in [5, 5.41) is 0. The first kappa shape index (κ1) is 30.9. The van der Waals surface area contributed by atoms with Gasteiger partial charge in [0.15, 0.2) is 0 Å². The standard InChI is InChI=1S/2C7H9.C4H11Si.2BrH.Zr/c2*1-6-4-3-5-7(6)2;1-3-5-4-2;;;/h2*4H,3H2,1-2H3;5H,3-4H2,1-2H3;2*1H;/q2*-1;;;;+4/p-2. The molecular weight excluding hydrogens is 495 g/mol. The molecule has 0 nitrogen and oxygen atoms in total. The van der Waals surface area contributed by atoms with Gasteiger partial charge in [-0.2, -0.15) is 12.2 Å². The molecule has 0 amide bonds. The molecule has 0 heterocycles. The van der Waals surface area contributed by atoms with Crippen molar-refractivity contribution in [3.63, 3.8) is 0 Å².